The second-order valence-corrected chi connectivity index (χ2v) is 5.83. The quantitative estimate of drug-likeness (QED) is 0.837. The molecule has 1 aromatic heterocycles. The van der Waals surface area contributed by atoms with Crippen LogP contribution in [0.1, 0.15) is 23.2 Å². The molecule has 19 heavy (non-hydrogen) atoms. The minimum Gasteiger partial charge on any atom is -0.382 e. The number of nitrogens with zero attached hydrogens (tertiary/aromatic N) is 3. The molecular formula is C12H19N5OS. The van der Waals surface area contributed by atoms with E-state index >= 15 is 0 Å². The number of nitrogen functional groups attached to an aromatic ring is 1. The lowest BCUT2D eigenvalue weighted by Crippen LogP contribution is -2.47. The van der Waals surface area contributed by atoms with Gasteiger partial charge in [-0.25, -0.2) is 0 Å². The van der Waals surface area contributed by atoms with Gasteiger partial charge in [-0.2, -0.15) is 4.37 Å². The van der Waals surface area contributed by atoms with Crippen LogP contribution in [0.3, 0.4) is 0 Å². The summed E-state index contributed by atoms with van der Waals surface area (Å²) in [5.41, 5.74) is 6.35. The molecule has 0 bridgehead atoms. The third-order valence-electron chi connectivity index (χ3n) is 3.82. The number of hydrogen-bond donors (Lipinski definition) is 2. The molecule has 1 saturated carbocycles. The summed E-state index contributed by atoms with van der Waals surface area (Å²) in [7, 11) is 1.62. The third-order valence-corrected chi connectivity index (χ3v) is 4.74. The average molecular weight is 281 g/mol. The molecule has 7 heteroatoms. The molecule has 6 nitrogen and oxygen atoms in total. The van der Waals surface area contributed by atoms with Crippen molar-refractivity contribution in [3.05, 3.63) is 5.56 Å². The number of hydrogen-bond acceptors (Lipinski definition) is 6. The first-order chi connectivity index (χ1) is 9.20. The van der Waals surface area contributed by atoms with E-state index in [1.807, 2.05) is 0 Å². The standard InChI is InChI=1S/C12H19N5OS/c1-14-11(18)9-10(13)15-19-12(9)17-6-4-16(5-7-17)8-2-3-8/h8H,2-7H2,1H3,(H2,13,15)(H,14,18). The van der Waals surface area contributed by atoms with E-state index in [0.717, 1.165) is 37.2 Å². The summed E-state index contributed by atoms with van der Waals surface area (Å²) in [6, 6.07) is 0.812. The molecule has 0 atom stereocenters. The lowest BCUT2D eigenvalue weighted by Gasteiger charge is -2.35. The predicted octanol–water partition coefficient (Wildman–Crippen LogP) is 0.369. The maximum absolute atomic E-state index is 11.9. The normalized spacial score (nSPS) is 20.6. The van der Waals surface area contributed by atoms with Gasteiger partial charge in [0.25, 0.3) is 5.91 Å². The first kappa shape index (κ1) is 12.7. The van der Waals surface area contributed by atoms with Crippen molar-refractivity contribution in [3.63, 3.8) is 0 Å². The van der Waals surface area contributed by atoms with E-state index < -0.39 is 0 Å². The number of nitrogens with two attached hydrogens (primary N) is 1. The van der Waals surface area contributed by atoms with E-state index in [1.54, 1.807) is 7.05 Å². The SMILES string of the molecule is CNC(=O)c1c(N)nsc1N1CCN(C2CC2)CC1. The van der Waals surface area contributed by atoms with Crippen LogP contribution in [0.5, 0.6) is 0 Å². The summed E-state index contributed by atoms with van der Waals surface area (Å²) in [4.78, 5) is 16.7. The fraction of sp³-hybridized carbons (Fsp3) is 0.667. The highest BCUT2D eigenvalue weighted by atomic mass is 32.1. The molecule has 3 rings (SSSR count). The summed E-state index contributed by atoms with van der Waals surface area (Å²) in [5, 5.41) is 3.54. The van der Waals surface area contributed by atoms with Crippen molar-refractivity contribution in [2.75, 3.05) is 43.9 Å². The fourth-order valence-corrected chi connectivity index (χ4v) is 3.44. The Morgan fingerprint density at radius 1 is 1.37 bits per heavy atom. The molecule has 0 radical (unpaired) electrons. The number of aromatic nitrogens is 1. The average Bonchev–Trinajstić information content (AvgIpc) is 3.21. The molecular weight excluding hydrogens is 262 g/mol. The Morgan fingerprint density at radius 3 is 2.63 bits per heavy atom. The van der Waals surface area contributed by atoms with Crippen LogP contribution >= 0.6 is 11.5 Å². The van der Waals surface area contributed by atoms with Gasteiger partial charge in [0.2, 0.25) is 0 Å². The van der Waals surface area contributed by atoms with E-state index in [-0.39, 0.29) is 5.91 Å². The highest BCUT2D eigenvalue weighted by Crippen LogP contribution is 2.33. The maximum Gasteiger partial charge on any atom is 0.257 e. The van der Waals surface area contributed by atoms with Crippen LogP contribution < -0.4 is 16.0 Å². The zero-order valence-electron chi connectivity index (χ0n) is 11.1. The van der Waals surface area contributed by atoms with Gasteiger partial charge in [0.05, 0.1) is 0 Å². The fourth-order valence-electron chi connectivity index (χ4n) is 2.58. The minimum absolute atomic E-state index is 0.147. The second kappa shape index (κ2) is 4.97. The van der Waals surface area contributed by atoms with Crippen molar-refractivity contribution in [1.29, 1.82) is 0 Å². The Hall–Kier alpha value is -1.34. The van der Waals surface area contributed by atoms with Crippen molar-refractivity contribution in [1.82, 2.24) is 14.6 Å². The zero-order chi connectivity index (χ0) is 13.4. The predicted molar refractivity (Wildman–Crippen MR) is 76.7 cm³/mol. The number of carbonyl (C=O) groups excluding carboxylic acids is 1. The van der Waals surface area contributed by atoms with Gasteiger partial charge in [0, 0.05) is 39.3 Å². The van der Waals surface area contributed by atoms with Gasteiger partial charge >= 0.3 is 0 Å². The molecule has 1 saturated heterocycles. The van der Waals surface area contributed by atoms with Crippen LogP contribution in [0.2, 0.25) is 0 Å². The lowest BCUT2D eigenvalue weighted by atomic mass is 10.2. The summed E-state index contributed by atoms with van der Waals surface area (Å²) in [6.07, 6.45) is 2.69. The smallest absolute Gasteiger partial charge is 0.257 e. The van der Waals surface area contributed by atoms with Crippen molar-refractivity contribution in [2.24, 2.45) is 0 Å². The van der Waals surface area contributed by atoms with Crippen LogP contribution in [0, 0.1) is 0 Å². The lowest BCUT2D eigenvalue weighted by molar-refractivity contribution is 0.0964. The number of amides is 1. The number of nitrogens with one attached hydrogen (secondary N) is 1. The van der Waals surface area contributed by atoms with Gasteiger partial charge in [-0.1, -0.05) is 0 Å². The van der Waals surface area contributed by atoms with Gasteiger partial charge in [0.15, 0.2) is 5.82 Å². The van der Waals surface area contributed by atoms with Crippen LogP contribution in [0.25, 0.3) is 0 Å². The highest BCUT2D eigenvalue weighted by molar-refractivity contribution is 7.11. The molecule has 0 aromatic carbocycles. The van der Waals surface area contributed by atoms with E-state index in [2.05, 4.69) is 19.5 Å². The molecule has 0 unspecified atom stereocenters. The summed E-state index contributed by atoms with van der Waals surface area (Å²) < 4.78 is 4.13. The van der Waals surface area contributed by atoms with E-state index in [0.29, 0.717) is 11.4 Å². The molecule has 1 amide bonds. The molecule has 1 aromatic rings. The van der Waals surface area contributed by atoms with Gasteiger partial charge in [-0.05, 0) is 24.4 Å². The van der Waals surface area contributed by atoms with Crippen LogP contribution in [0.4, 0.5) is 10.8 Å². The molecule has 2 fully saturated rings. The molecule has 1 aliphatic carbocycles. The van der Waals surface area contributed by atoms with Gasteiger partial charge in [-0.3, -0.25) is 9.69 Å². The van der Waals surface area contributed by atoms with Crippen molar-refractivity contribution < 1.29 is 4.79 Å². The number of carbonyl (C=O) groups is 1. The van der Waals surface area contributed by atoms with Crippen molar-refractivity contribution in [2.45, 2.75) is 18.9 Å². The summed E-state index contributed by atoms with van der Waals surface area (Å²) in [5.74, 6) is 0.190. The maximum atomic E-state index is 11.9. The molecule has 2 heterocycles. The summed E-state index contributed by atoms with van der Waals surface area (Å²) in [6.45, 7) is 4.02. The number of anilines is 2. The Bertz CT molecular complexity index is 476. The van der Waals surface area contributed by atoms with Crippen molar-refractivity contribution >= 4 is 28.3 Å². The third kappa shape index (κ3) is 2.40. The first-order valence-corrected chi connectivity index (χ1v) is 7.44. The molecule has 0 spiro atoms. The number of piperazine rings is 1. The van der Waals surface area contributed by atoms with Crippen molar-refractivity contribution in [3.8, 4) is 0 Å². The Balaban J connectivity index is 1.74. The van der Waals surface area contributed by atoms with E-state index in [9.17, 15) is 4.79 Å². The Labute approximate surface area is 116 Å². The second-order valence-electron chi connectivity index (χ2n) is 5.08. The van der Waals surface area contributed by atoms with Gasteiger partial charge < -0.3 is 16.0 Å². The van der Waals surface area contributed by atoms with Gasteiger partial charge in [0.1, 0.15) is 10.6 Å². The summed E-state index contributed by atoms with van der Waals surface area (Å²) >= 11 is 1.32. The molecule has 104 valence electrons. The van der Waals surface area contributed by atoms with Gasteiger partial charge in [-0.15, -0.1) is 0 Å². The van der Waals surface area contributed by atoms with Crippen LogP contribution in [-0.2, 0) is 0 Å². The van der Waals surface area contributed by atoms with E-state index in [1.165, 1.54) is 24.4 Å². The largest absolute Gasteiger partial charge is 0.382 e. The van der Waals surface area contributed by atoms with Crippen LogP contribution in [0.15, 0.2) is 0 Å². The minimum atomic E-state index is -0.147. The molecule has 1 aliphatic heterocycles. The Morgan fingerprint density at radius 2 is 2.05 bits per heavy atom. The zero-order valence-corrected chi connectivity index (χ0v) is 11.9. The molecule has 3 N–H and O–H groups in total. The first-order valence-electron chi connectivity index (χ1n) is 6.67. The molecule has 2 aliphatic rings. The van der Waals surface area contributed by atoms with E-state index in [4.69, 9.17) is 5.73 Å². The topological polar surface area (TPSA) is 74.5 Å². The van der Waals surface area contributed by atoms with Crippen LogP contribution in [-0.4, -0.2) is 54.4 Å². The number of rotatable bonds is 3. The highest BCUT2D eigenvalue weighted by Gasteiger charge is 2.32. The monoisotopic (exact) mass is 281 g/mol. The Kier molecular flexibility index (Phi) is 3.32.